The summed E-state index contributed by atoms with van der Waals surface area (Å²) in [7, 11) is 0. The van der Waals surface area contributed by atoms with Crippen LogP contribution in [0.3, 0.4) is 0 Å². The fourth-order valence-corrected chi connectivity index (χ4v) is 1.31. The lowest BCUT2D eigenvalue weighted by molar-refractivity contribution is -0.140. The first-order valence-electron chi connectivity index (χ1n) is 5.26. The minimum Gasteiger partial charge on any atom is -0.478 e. The van der Waals surface area contributed by atoms with Gasteiger partial charge in [-0.2, -0.15) is 0 Å². The van der Waals surface area contributed by atoms with Crippen molar-refractivity contribution in [3.05, 3.63) is 35.4 Å². The molecule has 0 saturated carbocycles. The second kappa shape index (κ2) is 4.93. The van der Waals surface area contributed by atoms with Gasteiger partial charge < -0.3 is 14.9 Å². The summed E-state index contributed by atoms with van der Waals surface area (Å²) in [5.41, 5.74) is -0.166. The van der Waals surface area contributed by atoms with Crippen molar-refractivity contribution in [2.45, 2.75) is 5.60 Å². The fourth-order valence-electron chi connectivity index (χ4n) is 1.31. The molecule has 0 atom stereocenters. The van der Waals surface area contributed by atoms with Crippen LogP contribution in [-0.4, -0.2) is 35.0 Å². The Bertz CT molecular complexity index is 574. The minimum absolute atomic E-state index is 0.215. The van der Waals surface area contributed by atoms with Gasteiger partial charge in [-0.15, -0.1) is 0 Å². The minimum atomic E-state index is -1.05. The van der Waals surface area contributed by atoms with E-state index in [-0.39, 0.29) is 18.8 Å². The van der Waals surface area contributed by atoms with Crippen LogP contribution in [0.1, 0.15) is 15.9 Å². The van der Waals surface area contributed by atoms with E-state index in [1.807, 2.05) is 0 Å². The van der Waals surface area contributed by atoms with E-state index in [0.29, 0.717) is 5.56 Å². The fraction of sp³-hybridized carbons (Fsp3) is 0.214. The Morgan fingerprint density at radius 1 is 1.22 bits per heavy atom. The number of carboxylic acid groups (broad SMARTS) is 1. The molecule has 90 valence electrons. The van der Waals surface area contributed by atoms with E-state index < -0.39 is 11.6 Å². The summed E-state index contributed by atoms with van der Waals surface area (Å²) < 4.78 is 4.83. The molecule has 0 unspecified atom stereocenters. The molecule has 1 heterocycles. The van der Waals surface area contributed by atoms with Crippen LogP contribution in [0.4, 0.5) is 0 Å². The van der Waals surface area contributed by atoms with Crippen LogP contribution >= 0.6 is 0 Å². The van der Waals surface area contributed by atoms with Crippen molar-refractivity contribution in [1.82, 2.24) is 0 Å². The van der Waals surface area contributed by atoms with E-state index in [1.165, 1.54) is 12.1 Å². The van der Waals surface area contributed by atoms with Crippen LogP contribution in [0.5, 0.6) is 0 Å². The quantitative estimate of drug-likeness (QED) is 0.704. The second-order valence-corrected chi connectivity index (χ2v) is 3.91. The molecular formula is C14H10O4. The number of carboxylic acids is 1. The molecule has 0 aromatic heterocycles. The molecule has 1 saturated heterocycles. The van der Waals surface area contributed by atoms with Crippen molar-refractivity contribution < 1.29 is 19.7 Å². The van der Waals surface area contributed by atoms with E-state index in [9.17, 15) is 9.90 Å². The molecule has 1 aliphatic rings. The zero-order chi connectivity index (χ0) is 13.0. The number of carbonyl (C=O) groups is 1. The molecule has 2 rings (SSSR count). The highest BCUT2D eigenvalue weighted by Crippen LogP contribution is 2.14. The van der Waals surface area contributed by atoms with Gasteiger partial charge in [0.25, 0.3) is 0 Å². The summed E-state index contributed by atoms with van der Waals surface area (Å²) in [5.74, 6) is 9.56. The van der Waals surface area contributed by atoms with E-state index in [2.05, 4.69) is 23.7 Å². The van der Waals surface area contributed by atoms with Crippen LogP contribution in [0.25, 0.3) is 0 Å². The highest BCUT2D eigenvalue weighted by atomic mass is 16.5. The Kier molecular flexibility index (Phi) is 3.34. The van der Waals surface area contributed by atoms with Crippen LogP contribution in [0.2, 0.25) is 0 Å². The van der Waals surface area contributed by atoms with Gasteiger partial charge in [0.1, 0.15) is 0 Å². The molecule has 0 radical (unpaired) electrons. The zero-order valence-electron chi connectivity index (χ0n) is 9.43. The summed E-state index contributed by atoms with van der Waals surface area (Å²) in [5, 5.41) is 18.3. The summed E-state index contributed by atoms with van der Waals surface area (Å²) in [6, 6.07) is 6.18. The Labute approximate surface area is 104 Å². The van der Waals surface area contributed by atoms with E-state index in [1.54, 1.807) is 12.1 Å². The lowest BCUT2D eigenvalue weighted by Gasteiger charge is -2.30. The highest BCUT2D eigenvalue weighted by molar-refractivity contribution is 5.87. The maximum atomic E-state index is 10.6. The lowest BCUT2D eigenvalue weighted by Crippen LogP contribution is -2.48. The maximum Gasteiger partial charge on any atom is 0.335 e. The molecule has 18 heavy (non-hydrogen) atoms. The van der Waals surface area contributed by atoms with Gasteiger partial charge in [-0.05, 0) is 42.0 Å². The standard InChI is InChI=1S/C14H10O4/c15-13(16)12-6-4-11(5-7-12)3-1-2-8-14(17)9-18-10-14/h4-7,17H,9-10H2,(H,15,16). The van der Waals surface area contributed by atoms with E-state index >= 15 is 0 Å². The molecule has 0 bridgehead atoms. The van der Waals surface area contributed by atoms with Crippen molar-refractivity contribution in [3.8, 4) is 23.7 Å². The third kappa shape index (κ3) is 2.89. The lowest BCUT2D eigenvalue weighted by atomic mass is 10.0. The zero-order valence-corrected chi connectivity index (χ0v) is 9.43. The predicted molar refractivity (Wildman–Crippen MR) is 63.8 cm³/mol. The number of aliphatic hydroxyl groups is 1. The Balaban J connectivity index is 2.03. The van der Waals surface area contributed by atoms with Crippen molar-refractivity contribution in [2.24, 2.45) is 0 Å². The second-order valence-electron chi connectivity index (χ2n) is 3.91. The van der Waals surface area contributed by atoms with E-state index in [0.717, 1.165) is 0 Å². The number of hydrogen-bond donors (Lipinski definition) is 2. The molecule has 1 fully saturated rings. The summed E-state index contributed by atoms with van der Waals surface area (Å²) >= 11 is 0. The third-order valence-electron chi connectivity index (χ3n) is 2.38. The Morgan fingerprint density at radius 2 is 1.89 bits per heavy atom. The average molecular weight is 242 g/mol. The molecule has 0 spiro atoms. The number of ether oxygens (including phenoxy) is 1. The van der Waals surface area contributed by atoms with Crippen LogP contribution < -0.4 is 0 Å². The van der Waals surface area contributed by atoms with Crippen molar-refractivity contribution in [1.29, 1.82) is 0 Å². The number of rotatable bonds is 1. The SMILES string of the molecule is O=C(O)c1ccc(C#CC#CC2(O)COC2)cc1. The van der Waals surface area contributed by atoms with Gasteiger partial charge in [0, 0.05) is 5.56 Å². The summed E-state index contributed by atoms with van der Waals surface area (Å²) in [6.45, 7) is 0.435. The van der Waals surface area contributed by atoms with E-state index in [4.69, 9.17) is 9.84 Å². The van der Waals surface area contributed by atoms with Gasteiger partial charge in [0.15, 0.2) is 5.60 Å². The van der Waals surface area contributed by atoms with Gasteiger partial charge in [0.2, 0.25) is 0 Å². The van der Waals surface area contributed by atoms with Gasteiger partial charge in [-0.3, -0.25) is 0 Å². The smallest absolute Gasteiger partial charge is 0.335 e. The van der Waals surface area contributed by atoms with Crippen LogP contribution in [0.15, 0.2) is 24.3 Å². The van der Waals surface area contributed by atoms with Gasteiger partial charge in [0.05, 0.1) is 18.8 Å². The molecule has 1 aromatic carbocycles. The van der Waals surface area contributed by atoms with Crippen LogP contribution in [-0.2, 0) is 4.74 Å². The first-order valence-corrected chi connectivity index (χ1v) is 5.26. The van der Waals surface area contributed by atoms with Crippen molar-refractivity contribution in [2.75, 3.05) is 13.2 Å². The van der Waals surface area contributed by atoms with Crippen molar-refractivity contribution in [3.63, 3.8) is 0 Å². The van der Waals surface area contributed by atoms with Gasteiger partial charge >= 0.3 is 5.97 Å². The van der Waals surface area contributed by atoms with Crippen LogP contribution in [0, 0.1) is 23.7 Å². The largest absolute Gasteiger partial charge is 0.478 e. The monoisotopic (exact) mass is 242 g/mol. The summed E-state index contributed by atoms with van der Waals surface area (Å²) in [6.07, 6.45) is 0. The predicted octanol–water partition coefficient (Wildman–Crippen LogP) is 0.501. The maximum absolute atomic E-state index is 10.6. The molecule has 4 nitrogen and oxygen atoms in total. The topological polar surface area (TPSA) is 66.8 Å². The molecule has 2 N–H and O–H groups in total. The molecular weight excluding hydrogens is 232 g/mol. The molecule has 1 aliphatic heterocycles. The molecule has 4 heteroatoms. The van der Waals surface area contributed by atoms with Gasteiger partial charge in [-0.25, -0.2) is 4.79 Å². The normalized spacial score (nSPS) is 15.4. The molecule has 0 aliphatic carbocycles. The molecule has 1 aromatic rings. The number of aromatic carboxylic acids is 1. The third-order valence-corrected chi connectivity index (χ3v) is 2.38. The number of hydrogen-bond acceptors (Lipinski definition) is 3. The Morgan fingerprint density at radius 3 is 2.39 bits per heavy atom. The summed E-state index contributed by atoms with van der Waals surface area (Å²) in [4.78, 5) is 10.6. The first-order chi connectivity index (χ1) is 8.59. The average Bonchev–Trinajstić information content (AvgIpc) is 2.33. The molecule has 0 amide bonds. The van der Waals surface area contributed by atoms with Crippen molar-refractivity contribution >= 4 is 5.97 Å². The first kappa shape index (κ1) is 12.2. The van der Waals surface area contributed by atoms with Gasteiger partial charge in [-0.1, -0.05) is 5.92 Å². The number of benzene rings is 1. The Hall–Kier alpha value is -2.27. The highest BCUT2D eigenvalue weighted by Gasteiger charge is 2.33.